The molecular formula is C32H31N3O6S. The summed E-state index contributed by atoms with van der Waals surface area (Å²) < 4.78 is 13.4. The van der Waals surface area contributed by atoms with Crippen molar-refractivity contribution < 1.29 is 18.9 Å². The van der Waals surface area contributed by atoms with Crippen LogP contribution in [-0.2, 0) is 9.53 Å². The average molecular weight is 586 g/mol. The minimum absolute atomic E-state index is 0.00957. The van der Waals surface area contributed by atoms with Crippen molar-refractivity contribution in [2.24, 2.45) is 4.99 Å². The number of esters is 1. The van der Waals surface area contributed by atoms with E-state index in [1.807, 2.05) is 31.2 Å². The summed E-state index contributed by atoms with van der Waals surface area (Å²) in [7, 11) is 0. The van der Waals surface area contributed by atoms with E-state index in [0.717, 1.165) is 17.5 Å². The van der Waals surface area contributed by atoms with E-state index in [1.54, 1.807) is 41.8 Å². The number of hydrogen-bond acceptors (Lipinski definition) is 8. The van der Waals surface area contributed by atoms with Gasteiger partial charge in [-0.25, -0.2) is 9.79 Å². The van der Waals surface area contributed by atoms with Crippen LogP contribution < -0.4 is 14.9 Å². The molecule has 2 aromatic carbocycles. The zero-order valence-corrected chi connectivity index (χ0v) is 24.6. The summed E-state index contributed by atoms with van der Waals surface area (Å²) in [6, 6.07) is 16.9. The number of nitro groups is 1. The summed E-state index contributed by atoms with van der Waals surface area (Å²) in [5.41, 5.74) is 3.34. The molecule has 42 heavy (non-hydrogen) atoms. The van der Waals surface area contributed by atoms with Crippen molar-refractivity contribution >= 4 is 29.1 Å². The molecule has 0 unspecified atom stereocenters. The minimum atomic E-state index is -0.683. The number of nitro benzene ring substituents is 1. The molecule has 0 amide bonds. The molecule has 0 saturated heterocycles. The summed E-state index contributed by atoms with van der Waals surface area (Å²) in [6.45, 7) is 8.22. The number of ether oxygens (including phenoxy) is 1. The molecule has 0 radical (unpaired) electrons. The van der Waals surface area contributed by atoms with E-state index in [0.29, 0.717) is 50.0 Å². The lowest BCUT2D eigenvalue weighted by molar-refractivity contribution is -0.384. The Hall–Kier alpha value is -4.57. The third-order valence-electron chi connectivity index (χ3n) is 7.07. The number of thiazole rings is 1. The first kappa shape index (κ1) is 28.9. The highest BCUT2D eigenvalue weighted by atomic mass is 32.1. The lowest BCUT2D eigenvalue weighted by Crippen LogP contribution is -2.40. The first-order chi connectivity index (χ1) is 20.2. The average Bonchev–Trinajstić information content (AvgIpc) is 3.57. The molecule has 0 saturated carbocycles. The number of furan rings is 1. The van der Waals surface area contributed by atoms with Crippen LogP contribution in [0.2, 0.25) is 0 Å². The van der Waals surface area contributed by atoms with Crippen molar-refractivity contribution in [3.63, 3.8) is 0 Å². The number of aromatic nitrogens is 1. The quantitative estimate of drug-likeness (QED) is 0.138. The van der Waals surface area contributed by atoms with Crippen LogP contribution in [-0.4, -0.2) is 22.1 Å². The van der Waals surface area contributed by atoms with Crippen LogP contribution in [0.5, 0.6) is 0 Å². The fourth-order valence-corrected chi connectivity index (χ4v) is 5.96. The SMILES string of the molecule is CCCC1=C(C(=O)OCC)[C@H](c2ccc(C(C)C)cc2)n2c(s/c(=C\c3ccc(-c4ccc([N+](=O)[O-])cc4)o3)c2=O)=N1. The van der Waals surface area contributed by atoms with Crippen LogP contribution >= 0.6 is 11.3 Å². The largest absolute Gasteiger partial charge is 0.463 e. The minimum Gasteiger partial charge on any atom is -0.463 e. The first-order valence-corrected chi connectivity index (χ1v) is 14.7. The van der Waals surface area contributed by atoms with E-state index in [-0.39, 0.29) is 17.9 Å². The van der Waals surface area contributed by atoms with Gasteiger partial charge in [-0.05, 0) is 54.7 Å². The van der Waals surface area contributed by atoms with E-state index in [1.165, 1.54) is 23.5 Å². The third-order valence-corrected chi connectivity index (χ3v) is 8.06. The smallest absolute Gasteiger partial charge is 0.338 e. The molecule has 5 rings (SSSR count). The zero-order valence-electron chi connectivity index (χ0n) is 23.8. The predicted octanol–water partition coefficient (Wildman–Crippen LogP) is 5.87. The van der Waals surface area contributed by atoms with E-state index in [9.17, 15) is 19.7 Å². The molecule has 4 aromatic rings. The summed E-state index contributed by atoms with van der Waals surface area (Å²) in [5, 5.41) is 11.0. The van der Waals surface area contributed by atoms with Gasteiger partial charge in [0.1, 0.15) is 11.5 Å². The van der Waals surface area contributed by atoms with Gasteiger partial charge in [0.25, 0.3) is 11.2 Å². The van der Waals surface area contributed by atoms with E-state index >= 15 is 0 Å². The molecule has 0 fully saturated rings. The molecule has 1 aliphatic heterocycles. The van der Waals surface area contributed by atoms with Crippen LogP contribution in [0.25, 0.3) is 17.4 Å². The third kappa shape index (κ3) is 5.62. The standard InChI is InChI=1S/C32H31N3O6S/c1-5-7-25-28(31(37)40-6-2)29(22-10-8-20(9-11-22)19(3)4)34-30(36)27(42-32(34)33-25)18-24-16-17-26(41-24)21-12-14-23(15-13-21)35(38)39/h8-19,29H,5-7H2,1-4H3/b27-18-/t29-/m0/s1. The number of non-ortho nitro benzene ring substituents is 1. The molecule has 0 aliphatic carbocycles. The van der Waals surface area contributed by atoms with Crippen molar-refractivity contribution in [2.45, 2.75) is 52.5 Å². The molecule has 10 heteroatoms. The molecule has 3 heterocycles. The normalized spacial score (nSPS) is 15.1. The summed E-state index contributed by atoms with van der Waals surface area (Å²) in [6.07, 6.45) is 3.00. The van der Waals surface area contributed by atoms with Gasteiger partial charge >= 0.3 is 5.97 Å². The molecule has 9 nitrogen and oxygen atoms in total. The van der Waals surface area contributed by atoms with Gasteiger partial charge in [0.15, 0.2) is 4.80 Å². The summed E-state index contributed by atoms with van der Waals surface area (Å²) in [5.74, 6) is 0.823. The van der Waals surface area contributed by atoms with E-state index in [2.05, 4.69) is 13.8 Å². The van der Waals surface area contributed by atoms with Gasteiger partial charge in [-0.1, -0.05) is 62.8 Å². The summed E-state index contributed by atoms with van der Waals surface area (Å²) in [4.78, 5) is 43.1. The van der Waals surface area contributed by atoms with Crippen LogP contribution in [0.15, 0.2) is 86.1 Å². The fraction of sp³-hybridized carbons (Fsp3) is 0.281. The highest BCUT2D eigenvalue weighted by Gasteiger charge is 2.34. The van der Waals surface area contributed by atoms with Crippen molar-refractivity contribution in [2.75, 3.05) is 6.61 Å². The summed E-state index contributed by atoms with van der Waals surface area (Å²) >= 11 is 1.24. The van der Waals surface area contributed by atoms with Crippen LogP contribution in [0.3, 0.4) is 0 Å². The zero-order chi connectivity index (χ0) is 30.0. The Bertz CT molecular complexity index is 1840. The monoisotopic (exact) mass is 585 g/mol. The van der Waals surface area contributed by atoms with Gasteiger partial charge in [0.05, 0.1) is 33.4 Å². The number of hydrogen-bond donors (Lipinski definition) is 0. The van der Waals surface area contributed by atoms with Crippen molar-refractivity contribution in [3.8, 4) is 11.3 Å². The molecule has 2 aromatic heterocycles. The number of nitrogens with zero attached hydrogens (tertiary/aromatic N) is 3. The lowest BCUT2D eigenvalue weighted by atomic mass is 9.92. The topological polar surface area (TPSA) is 117 Å². The maximum atomic E-state index is 13.9. The number of carbonyl (C=O) groups is 1. The van der Waals surface area contributed by atoms with Gasteiger partial charge in [-0.15, -0.1) is 0 Å². The Balaban J connectivity index is 1.63. The van der Waals surface area contributed by atoms with Crippen molar-refractivity contribution in [1.82, 2.24) is 4.57 Å². The van der Waals surface area contributed by atoms with Gasteiger partial charge in [0.2, 0.25) is 0 Å². The molecule has 216 valence electrons. The molecule has 1 aliphatic rings. The van der Waals surface area contributed by atoms with Gasteiger partial charge < -0.3 is 9.15 Å². The Morgan fingerprint density at radius 1 is 1.12 bits per heavy atom. The molecular weight excluding hydrogens is 554 g/mol. The Morgan fingerprint density at radius 2 is 1.83 bits per heavy atom. The second-order valence-electron chi connectivity index (χ2n) is 10.2. The number of rotatable bonds is 9. The number of carbonyl (C=O) groups excluding carboxylic acids is 1. The lowest BCUT2D eigenvalue weighted by Gasteiger charge is -2.26. The number of fused-ring (bicyclic) bond motifs is 1. The van der Waals surface area contributed by atoms with Crippen molar-refractivity contribution in [1.29, 1.82) is 0 Å². The molecule has 0 bridgehead atoms. The Morgan fingerprint density at radius 3 is 2.45 bits per heavy atom. The molecule has 0 N–H and O–H groups in total. The number of benzene rings is 2. The first-order valence-electron chi connectivity index (χ1n) is 13.9. The highest BCUT2D eigenvalue weighted by Crippen LogP contribution is 2.33. The molecule has 0 spiro atoms. The van der Waals surface area contributed by atoms with Gasteiger partial charge in [0, 0.05) is 23.8 Å². The second kappa shape index (κ2) is 12.1. The second-order valence-corrected chi connectivity index (χ2v) is 11.3. The van der Waals surface area contributed by atoms with E-state index < -0.39 is 16.9 Å². The van der Waals surface area contributed by atoms with Crippen LogP contribution in [0, 0.1) is 10.1 Å². The number of allylic oxidation sites excluding steroid dienone is 1. The van der Waals surface area contributed by atoms with Gasteiger partial charge in [-0.3, -0.25) is 19.5 Å². The van der Waals surface area contributed by atoms with Gasteiger partial charge in [-0.2, -0.15) is 0 Å². The fourth-order valence-electron chi connectivity index (χ4n) is 4.96. The molecule has 1 atom stereocenters. The maximum Gasteiger partial charge on any atom is 0.338 e. The maximum absolute atomic E-state index is 13.9. The highest BCUT2D eigenvalue weighted by molar-refractivity contribution is 7.07. The Labute approximate surface area is 246 Å². The predicted molar refractivity (Wildman–Crippen MR) is 161 cm³/mol. The Kier molecular flexibility index (Phi) is 8.35. The van der Waals surface area contributed by atoms with Crippen LogP contribution in [0.1, 0.15) is 69.4 Å². The van der Waals surface area contributed by atoms with E-state index in [4.69, 9.17) is 14.1 Å². The van der Waals surface area contributed by atoms with Crippen molar-refractivity contribution in [3.05, 3.63) is 119 Å². The van der Waals surface area contributed by atoms with Crippen LogP contribution in [0.4, 0.5) is 5.69 Å².